The summed E-state index contributed by atoms with van der Waals surface area (Å²) in [5.41, 5.74) is 6.79. The number of anilines is 1. The average Bonchev–Trinajstić information content (AvgIpc) is 2.27. The second-order valence-electron chi connectivity index (χ2n) is 5.05. The van der Waals surface area contributed by atoms with E-state index >= 15 is 0 Å². The Balaban J connectivity index is 2.37. The highest BCUT2D eigenvalue weighted by Crippen LogP contribution is 2.30. The Kier molecular flexibility index (Phi) is 3.80. The Bertz CT molecular complexity index is 476. The van der Waals surface area contributed by atoms with Crippen molar-refractivity contribution in [3.05, 3.63) is 28.8 Å². The Morgan fingerprint density at radius 3 is 2.89 bits per heavy atom. The highest BCUT2D eigenvalue weighted by atomic mass is 35.5. The number of piperidine rings is 1. The van der Waals surface area contributed by atoms with Crippen molar-refractivity contribution in [3.8, 4) is 0 Å². The Hall–Kier alpha value is -0.840. The van der Waals surface area contributed by atoms with Crippen molar-refractivity contribution in [3.63, 3.8) is 0 Å². The SMILES string of the molecule is CC1(O)CCCN(c2cc(Cl)ccc2C(N)=S)C1. The summed E-state index contributed by atoms with van der Waals surface area (Å²) in [5, 5.41) is 10.8. The van der Waals surface area contributed by atoms with Gasteiger partial charge in [-0.25, -0.2) is 0 Å². The van der Waals surface area contributed by atoms with Crippen LogP contribution in [0.1, 0.15) is 25.3 Å². The predicted octanol–water partition coefficient (Wildman–Crippen LogP) is 2.33. The van der Waals surface area contributed by atoms with Crippen LogP contribution in [-0.4, -0.2) is 28.8 Å². The van der Waals surface area contributed by atoms with Crippen LogP contribution in [0.5, 0.6) is 0 Å². The molecule has 3 N–H and O–H groups in total. The summed E-state index contributed by atoms with van der Waals surface area (Å²) in [6, 6.07) is 5.47. The number of nitrogens with zero attached hydrogens (tertiary/aromatic N) is 1. The Morgan fingerprint density at radius 1 is 1.56 bits per heavy atom. The minimum Gasteiger partial charge on any atom is -0.389 e. The molecule has 3 nitrogen and oxygen atoms in total. The summed E-state index contributed by atoms with van der Waals surface area (Å²) in [7, 11) is 0. The molecule has 0 radical (unpaired) electrons. The lowest BCUT2D eigenvalue weighted by molar-refractivity contribution is 0.0449. The van der Waals surface area contributed by atoms with Crippen LogP contribution in [0.15, 0.2) is 18.2 Å². The quantitative estimate of drug-likeness (QED) is 0.819. The Labute approximate surface area is 118 Å². The molecule has 0 amide bonds. The van der Waals surface area contributed by atoms with Crippen molar-refractivity contribution < 1.29 is 5.11 Å². The zero-order valence-electron chi connectivity index (χ0n) is 10.3. The maximum absolute atomic E-state index is 10.2. The van der Waals surface area contributed by atoms with Gasteiger partial charge < -0.3 is 15.7 Å². The van der Waals surface area contributed by atoms with Gasteiger partial charge in [0.25, 0.3) is 0 Å². The van der Waals surface area contributed by atoms with Gasteiger partial charge in [-0.2, -0.15) is 0 Å². The predicted molar refractivity (Wildman–Crippen MR) is 79.4 cm³/mol. The van der Waals surface area contributed by atoms with Gasteiger partial charge in [-0.1, -0.05) is 23.8 Å². The van der Waals surface area contributed by atoms with E-state index in [0.717, 1.165) is 30.6 Å². The lowest BCUT2D eigenvalue weighted by Crippen LogP contribution is -2.46. The molecule has 0 bridgehead atoms. The van der Waals surface area contributed by atoms with E-state index < -0.39 is 5.60 Å². The van der Waals surface area contributed by atoms with E-state index in [-0.39, 0.29) is 0 Å². The zero-order valence-corrected chi connectivity index (χ0v) is 11.9. The second kappa shape index (κ2) is 5.03. The summed E-state index contributed by atoms with van der Waals surface area (Å²) in [6.45, 7) is 3.30. The normalized spacial score (nSPS) is 24.1. The number of β-amino-alcohol motifs (C(OH)–C–C–N with tert-alkyl or cyclic N) is 1. The zero-order chi connectivity index (χ0) is 13.3. The van der Waals surface area contributed by atoms with E-state index in [1.165, 1.54) is 0 Å². The molecule has 1 fully saturated rings. The lowest BCUT2D eigenvalue weighted by Gasteiger charge is -2.39. The molecule has 2 rings (SSSR count). The van der Waals surface area contributed by atoms with Crippen LogP contribution < -0.4 is 10.6 Å². The molecule has 1 saturated heterocycles. The molecule has 0 aliphatic carbocycles. The number of hydrogen-bond donors (Lipinski definition) is 2. The molecule has 0 spiro atoms. The molecular weight excluding hydrogens is 268 g/mol. The maximum Gasteiger partial charge on any atom is 0.106 e. The van der Waals surface area contributed by atoms with Crippen molar-refractivity contribution in [2.45, 2.75) is 25.4 Å². The summed E-state index contributed by atoms with van der Waals surface area (Å²) in [6.07, 6.45) is 1.75. The van der Waals surface area contributed by atoms with Crippen LogP contribution >= 0.6 is 23.8 Å². The first-order valence-corrected chi connectivity index (χ1v) is 6.74. The largest absolute Gasteiger partial charge is 0.389 e. The third-order valence-electron chi connectivity index (χ3n) is 3.24. The molecule has 1 heterocycles. The van der Waals surface area contributed by atoms with Gasteiger partial charge in [0.1, 0.15) is 4.99 Å². The fourth-order valence-electron chi connectivity index (χ4n) is 2.40. The highest BCUT2D eigenvalue weighted by molar-refractivity contribution is 7.80. The van der Waals surface area contributed by atoms with E-state index in [1.807, 2.05) is 19.1 Å². The smallest absolute Gasteiger partial charge is 0.106 e. The molecule has 0 saturated carbocycles. The van der Waals surface area contributed by atoms with Gasteiger partial charge in [0.2, 0.25) is 0 Å². The molecule has 1 aliphatic heterocycles. The van der Waals surface area contributed by atoms with Gasteiger partial charge in [0.15, 0.2) is 0 Å². The van der Waals surface area contributed by atoms with E-state index in [4.69, 9.17) is 29.6 Å². The number of halogens is 1. The van der Waals surface area contributed by atoms with Gasteiger partial charge in [-0.15, -0.1) is 0 Å². The minimum absolute atomic E-state index is 0.354. The third kappa shape index (κ3) is 2.94. The van der Waals surface area contributed by atoms with Gasteiger partial charge in [0, 0.05) is 29.4 Å². The molecule has 0 aromatic heterocycles. The minimum atomic E-state index is -0.673. The van der Waals surface area contributed by atoms with E-state index in [1.54, 1.807) is 6.07 Å². The van der Waals surface area contributed by atoms with Crippen molar-refractivity contribution in [1.29, 1.82) is 0 Å². The molecule has 1 aromatic rings. The second-order valence-corrected chi connectivity index (χ2v) is 5.92. The van der Waals surface area contributed by atoms with Crippen LogP contribution in [0.4, 0.5) is 5.69 Å². The average molecular weight is 285 g/mol. The summed E-state index contributed by atoms with van der Waals surface area (Å²) in [5.74, 6) is 0. The summed E-state index contributed by atoms with van der Waals surface area (Å²) < 4.78 is 0. The van der Waals surface area contributed by atoms with Gasteiger partial charge in [-0.3, -0.25) is 0 Å². The third-order valence-corrected chi connectivity index (χ3v) is 3.70. The first-order chi connectivity index (χ1) is 8.39. The number of benzene rings is 1. The number of nitrogens with two attached hydrogens (primary N) is 1. The van der Waals surface area contributed by atoms with Crippen LogP contribution in [0.2, 0.25) is 5.02 Å². The molecule has 1 atom stereocenters. The summed E-state index contributed by atoms with van der Waals surface area (Å²) >= 11 is 11.1. The van der Waals surface area contributed by atoms with E-state index in [2.05, 4.69) is 4.90 Å². The fraction of sp³-hybridized carbons (Fsp3) is 0.462. The Morgan fingerprint density at radius 2 is 2.28 bits per heavy atom. The highest BCUT2D eigenvalue weighted by Gasteiger charge is 2.29. The first-order valence-electron chi connectivity index (χ1n) is 5.96. The summed E-state index contributed by atoms with van der Waals surface area (Å²) in [4.78, 5) is 2.45. The van der Waals surface area contributed by atoms with Crippen LogP contribution in [0.3, 0.4) is 0 Å². The topological polar surface area (TPSA) is 49.5 Å². The van der Waals surface area contributed by atoms with Gasteiger partial charge >= 0.3 is 0 Å². The van der Waals surface area contributed by atoms with E-state index in [9.17, 15) is 5.11 Å². The lowest BCUT2D eigenvalue weighted by atomic mass is 9.94. The van der Waals surface area contributed by atoms with Crippen molar-refractivity contribution >= 4 is 34.5 Å². The molecule has 1 aliphatic rings. The van der Waals surface area contributed by atoms with Crippen LogP contribution in [-0.2, 0) is 0 Å². The number of thiocarbonyl (C=S) groups is 1. The maximum atomic E-state index is 10.2. The monoisotopic (exact) mass is 284 g/mol. The van der Waals surface area contributed by atoms with Gasteiger partial charge in [0.05, 0.1) is 5.60 Å². The van der Waals surface area contributed by atoms with Gasteiger partial charge in [-0.05, 0) is 38.0 Å². The first kappa shape index (κ1) is 13.6. The molecule has 5 heteroatoms. The number of hydrogen-bond acceptors (Lipinski definition) is 3. The van der Waals surface area contributed by atoms with Crippen molar-refractivity contribution in [1.82, 2.24) is 0 Å². The number of aliphatic hydroxyl groups is 1. The molecular formula is C13H17ClN2OS. The number of rotatable bonds is 2. The van der Waals surface area contributed by atoms with E-state index in [0.29, 0.717) is 16.6 Å². The standard InChI is InChI=1S/C13H17ClN2OS/c1-13(17)5-2-6-16(8-13)11-7-9(14)3-4-10(11)12(15)18/h3-4,7,17H,2,5-6,8H2,1H3,(H2,15,18). The fourth-order valence-corrected chi connectivity index (χ4v) is 2.74. The molecule has 98 valence electrons. The molecule has 1 unspecified atom stereocenters. The van der Waals surface area contributed by atoms with Crippen molar-refractivity contribution in [2.24, 2.45) is 5.73 Å². The van der Waals surface area contributed by atoms with Crippen LogP contribution in [0, 0.1) is 0 Å². The van der Waals surface area contributed by atoms with Crippen LogP contribution in [0.25, 0.3) is 0 Å². The van der Waals surface area contributed by atoms with Crippen molar-refractivity contribution in [2.75, 3.05) is 18.0 Å². The molecule has 1 aromatic carbocycles. The molecule has 18 heavy (non-hydrogen) atoms.